The summed E-state index contributed by atoms with van der Waals surface area (Å²) in [7, 11) is 0. The molecule has 0 aliphatic rings. The van der Waals surface area contributed by atoms with Crippen molar-refractivity contribution in [1.82, 2.24) is 10.6 Å². The predicted molar refractivity (Wildman–Crippen MR) is 192 cm³/mol. The summed E-state index contributed by atoms with van der Waals surface area (Å²) in [5.41, 5.74) is 3.70. The summed E-state index contributed by atoms with van der Waals surface area (Å²) >= 11 is 0. The number of benzene rings is 2. The van der Waals surface area contributed by atoms with Crippen LogP contribution in [0.4, 0.5) is 0 Å². The minimum atomic E-state index is -0.529. The number of aromatic hydroxyl groups is 2. The van der Waals surface area contributed by atoms with Crippen LogP contribution in [0.15, 0.2) is 24.3 Å². The zero-order valence-corrected chi connectivity index (χ0v) is 31.6. The summed E-state index contributed by atoms with van der Waals surface area (Å²) in [6.45, 7) is 30.6. The second kappa shape index (κ2) is 14.4. The molecule has 0 radical (unpaired) electrons. The van der Waals surface area contributed by atoms with Gasteiger partial charge in [0.1, 0.15) is 17.7 Å². The second-order valence-corrected chi connectivity index (χ2v) is 17.4. The molecular formula is C40H64N2O4. The van der Waals surface area contributed by atoms with Crippen LogP contribution in [-0.2, 0) is 31.2 Å². The van der Waals surface area contributed by atoms with Gasteiger partial charge in [-0.2, -0.15) is 0 Å². The summed E-state index contributed by atoms with van der Waals surface area (Å²) in [5, 5.41) is 28.7. The van der Waals surface area contributed by atoms with Gasteiger partial charge in [0.25, 0.3) is 0 Å². The quantitative estimate of drug-likeness (QED) is 0.154. The maximum absolute atomic E-state index is 13.8. The summed E-state index contributed by atoms with van der Waals surface area (Å²) in [6, 6.07) is 7.80. The van der Waals surface area contributed by atoms with Gasteiger partial charge in [-0.3, -0.25) is 9.59 Å². The Hall–Kier alpha value is -3.02. The Kier molecular flexibility index (Phi) is 12.3. The highest BCUT2D eigenvalue weighted by Crippen LogP contribution is 2.42. The minimum Gasteiger partial charge on any atom is -0.507 e. The van der Waals surface area contributed by atoms with Crippen molar-refractivity contribution >= 4 is 11.8 Å². The molecule has 0 saturated heterocycles. The van der Waals surface area contributed by atoms with Crippen molar-refractivity contribution in [2.24, 2.45) is 0 Å². The maximum atomic E-state index is 13.8. The van der Waals surface area contributed by atoms with Crippen molar-refractivity contribution < 1.29 is 19.8 Å². The third-order valence-corrected chi connectivity index (χ3v) is 9.01. The van der Waals surface area contributed by atoms with E-state index >= 15 is 0 Å². The topological polar surface area (TPSA) is 98.7 Å². The van der Waals surface area contributed by atoms with Crippen LogP contribution in [-0.4, -0.2) is 28.2 Å². The first-order valence-electron chi connectivity index (χ1n) is 17.2. The van der Waals surface area contributed by atoms with E-state index in [0.717, 1.165) is 52.6 Å². The third kappa shape index (κ3) is 9.75. The van der Waals surface area contributed by atoms with E-state index in [2.05, 4.69) is 101 Å². The first kappa shape index (κ1) is 39.2. The van der Waals surface area contributed by atoms with Gasteiger partial charge < -0.3 is 20.8 Å². The van der Waals surface area contributed by atoms with Gasteiger partial charge in [0.05, 0.1) is 11.8 Å². The summed E-state index contributed by atoms with van der Waals surface area (Å²) in [5.74, 6) is -0.760. The Bertz CT molecular complexity index is 1210. The molecule has 0 spiro atoms. The van der Waals surface area contributed by atoms with E-state index in [9.17, 15) is 19.8 Å². The average Bonchev–Trinajstić information content (AvgIpc) is 2.89. The molecule has 6 nitrogen and oxygen atoms in total. The number of rotatable bonds is 10. The van der Waals surface area contributed by atoms with Crippen LogP contribution in [0.3, 0.4) is 0 Å². The fourth-order valence-corrected chi connectivity index (χ4v) is 5.78. The van der Waals surface area contributed by atoms with Crippen molar-refractivity contribution in [2.45, 2.75) is 169 Å². The molecule has 2 aromatic carbocycles. The van der Waals surface area contributed by atoms with Crippen molar-refractivity contribution in [2.75, 3.05) is 0 Å². The molecule has 0 aromatic heterocycles. The number of carbonyl (C=O) groups excluding carboxylic acids is 2. The normalized spacial score (nSPS) is 14.8. The van der Waals surface area contributed by atoms with E-state index in [1.807, 2.05) is 38.1 Å². The molecule has 0 bridgehead atoms. The summed E-state index contributed by atoms with van der Waals surface area (Å²) < 4.78 is 0. The number of phenolic OH excluding ortho intramolecular Hbond substituents is 2. The number of hydrogen-bond acceptors (Lipinski definition) is 4. The Balaban J connectivity index is 2.44. The number of amides is 2. The van der Waals surface area contributed by atoms with Crippen LogP contribution in [0.1, 0.15) is 175 Å². The molecule has 0 heterocycles. The number of nitrogens with one attached hydrogen (secondary N) is 2. The number of phenols is 2. The smallest absolute Gasteiger partial charge is 0.228 e. The van der Waals surface area contributed by atoms with Crippen LogP contribution >= 0.6 is 0 Å². The van der Waals surface area contributed by atoms with E-state index in [4.69, 9.17) is 0 Å². The van der Waals surface area contributed by atoms with Crippen molar-refractivity contribution in [3.63, 3.8) is 0 Å². The van der Waals surface area contributed by atoms with E-state index in [-0.39, 0.29) is 45.0 Å². The highest BCUT2D eigenvalue weighted by atomic mass is 16.3. The van der Waals surface area contributed by atoms with E-state index in [1.165, 1.54) is 0 Å². The Morgan fingerprint density at radius 2 is 0.870 bits per heavy atom. The van der Waals surface area contributed by atoms with E-state index in [1.54, 1.807) is 0 Å². The standard InChI is InChI=1S/C40H64N2O4/c1-16-17-18-19-32(41-35(45)24(2)26-20-28(37(4,5)6)33(43)29(21-26)38(7,8)9)42-36(46)25(3)27-22-30(39(10,11)12)34(44)31(23-27)40(13,14)15/h20-25,32,43-44H,16-19H2,1-15H3,(H,41,45)(H,42,46). The molecule has 2 unspecified atom stereocenters. The van der Waals surface area contributed by atoms with Crippen LogP contribution in [0.2, 0.25) is 0 Å². The zero-order chi connectivity index (χ0) is 35.6. The molecule has 0 saturated carbocycles. The first-order valence-corrected chi connectivity index (χ1v) is 17.2. The van der Waals surface area contributed by atoms with Gasteiger partial charge in [-0.05, 0) is 81.7 Å². The van der Waals surface area contributed by atoms with Crippen LogP contribution in [0, 0.1) is 0 Å². The van der Waals surface area contributed by atoms with Crippen molar-refractivity contribution in [3.05, 3.63) is 57.6 Å². The van der Waals surface area contributed by atoms with Crippen molar-refractivity contribution in [1.29, 1.82) is 0 Å². The minimum absolute atomic E-state index is 0.172. The van der Waals surface area contributed by atoms with Gasteiger partial charge >= 0.3 is 0 Å². The molecule has 46 heavy (non-hydrogen) atoms. The molecule has 4 N–H and O–H groups in total. The Morgan fingerprint density at radius 3 is 1.11 bits per heavy atom. The van der Waals surface area contributed by atoms with Crippen LogP contribution < -0.4 is 10.6 Å². The molecule has 2 amide bonds. The zero-order valence-electron chi connectivity index (χ0n) is 31.6. The van der Waals surface area contributed by atoms with E-state index < -0.39 is 18.0 Å². The predicted octanol–water partition coefficient (Wildman–Crippen LogP) is 9.33. The lowest BCUT2D eigenvalue weighted by Gasteiger charge is -2.30. The summed E-state index contributed by atoms with van der Waals surface area (Å²) in [6.07, 6.45) is 2.99. The van der Waals surface area contributed by atoms with Gasteiger partial charge in [0.15, 0.2) is 0 Å². The third-order valence-electron chi connectivity index (χ3n) is 9.01. The average molecular weight is 637 g/mol. The lowest BCUT2D eigenvalue weighted by Crippen LogP contribution is -2.50. The lowest BCUT2D eigenvalue weighted by molar-refractivity contribution is -0.125. The molecule has 2 aromatic rings. The molecule has 0 aliphatic carbocycles. The molecule has 2 atom stereocenters. The molecule has 2 rings (SSSR count). The molecular weight excluding hydrogens is 572 g/mol. The van der Waals surface area contributed by atoms with Crippen LogP contribution in [0.5, 0.6) is 11.5 Å². The van der Waals surface area contributed by atoms with Gasteiger partial charge in [-0.25, -0.2) is 0 Å². The van der Waals surface area contributed by atoms with Crippen LogP contribution in [0.25, 0.3) is 0 Å². The molecule has 0 aliphatic heterocycles. The maximum Gasteiger partial charge on any atom is 0.228 e. The monoisotopic (exact) mass is 636 g/mol. The largest absolute Gasteiger partial charge is 0.507 e. The first-order chi connectivity index (χ1) is 20.8. The van der Waals surface area contributed by atoms with E-state index in [0.29, 0.717) is 6.42 Å². The lowest BCUT2D eigenvalue weighted by atomic mass is 9.77. The van der Waals surface area contributed by atoms with Crippen molar-refractivity contribution in [3.8, 4) is 11.5 Å². The summed E-state index contributed by atoms with van der Waals surface area (Å²) in [4.78, 5) is 27.6. The van der Waals surface area contributed by atoms with Gasteiger partial charge in [0.2, 0.25) is 11.8 Å². The second-order valence-electron chi connectivity index (χ2n) is 17.4. The Labute approximate surface area is 280 Å². The highest BCUT2D eigenvalue weighted by Gasteiger charge is 2.31. The highest BCUT2D eigenvalue weighted by molar-refractivity contribution is 5.86. The fraction of sp³-hybridized carbons (Fsp3) is 0.650. The number of unbranched alkanes of at least 4 members (excludes halogenated alkanes) is 2. The van der Waals surface area contributed by atoms with Gasteiger partial charge in [-0.1, -0.05) is 127 Å². The van der Waals surface area contributed by atoms with Gasteiger partial charge in [0, 0.05) is 0 Å². The fourth-order valence-electron chi connectivity index (χ4n) is 5.78. The van der Waals surface area contributed by atoms with Gasteiger partial charge in [-0.15, -0.1) is 0 Å². The molecule has 0 fully saturated rings. The number of hydrogen-bond donors (Lipinski definition) is 4. The number of carbonyl (C=O) groups is 2. The molecule has 258 valence electrons. The Morgan fingerprint density at radius 1 is 0.587 bits per heavy atom. The SMILES string of the molecule is CCCCCC(NC(=O)C(C)c1cc(C(C)(C)C)c(O)c(C(C)(C)C)c1)NC(=O)C(C)c1cc(C(C)(C)C)c(O)c(C(C)(C)C)c1. The molecule has 6 heteroatoms.